The van der Waals surface area contributed by atoms with Crippen LogP contribution in [0.15, 0.2) is 24.3 Å². The molecule has 3 N–H and O–H groups in total. The molecule has 1 aromatic rings. The second-order valence-corrected chi connectivity index (χ2v) is 5.50. The van der Waals surface area contributed by atoms with E-state index < -0.39 is 0 Å². The van der Waals surface area contributed by atoms with Crippen LogP contribution >= 0.6 is 0 Å². The van der Waals surface area contributed by atoms with E-state index in [0.29, 0.717) is 6.42 Å². The second kappa shape index (κ2) is 5.06. The maximum Gasteiger partial charge on any atom is 0.123 e. The fourth-order valence-electron chi connectivity index (χ4n) is 2.55. The van der Waals surface area contributed by atoms with E-state index in [1.165, 1.54) is 6.07 Å². The Morgan fingerprint density at radius 2 is 2.22 bits per heavy atom. The molecule has 98 valence electrons. The molecule has 1 fully saturated rings. The lowest BCUT2D eigenvalue weighted by Gasteiger charge is -2.23. The Balaban J connectivity index is 1.89. The van der Waals surface area contributed by atoms with Gasteiger partial charge >= 0.3 is 0 Å². The lowest BCUT2D eigenvalue weighted by molar-refractivity contribution is 0.259. The number of benzene rings is 1. The highest BCUT2D eigenvalue weighted by atomic mass is 19.1. The van der Waals surface area contributed by atoms with Crippen LogP contribution in [0.4, 0.5) is 4.39 Å². The molecule has 0 heterocycles. The molecule has 0 spiro atoms. The van der Waals surface area contributed by atoms with E-state index in [-0.39, 0.29) is 17.1 Å². The molecule has 1 aromatic carbocycles. The minimum atomic E-state index is -0.189. The van der Waals surface area contributed by atoms with Crippen molar-refractivity contribution in [2.75, 3.05) is 13.6 Å². The molecule has 0 radical (unpaired) electrons. The van der Waals surface area contributed by atoms with Crippen LogP contribution < -0.4 is 5.73 Å². The molecule has 1 aliphatic carbocycles. The maximum absolute atomic E-state index is 13.1. The van der Waals surface area contributed by atoms with Crippen LogP contribution in [-0.4, -0.2) is 24.3 Å². The van der Waals surface area contributed by atoms with Crippen molar-refractivity contribution in [3.05, 3.63) is 35.6 Å². The van der Waals surface area contributed by atoms with Crippen LogP contribution in [-0.2, 0) is 6.54 Å². The van der Waals surface area contributed by atoms with Crippen molar-refractivity contribution >= 4 is 5.84 Å². The third-order valence-electron chi connectivity index (χ3n) is 3.47. The van der Waals surface area contributed by atoms with Gasteiger partial charge in [-0.1, -0.05) is 12.1 Å². The molecule has 0 bridgehead atoms. The molecule has 3 nitrogen and oxygen atoms in total. The van der Waals surface area contributed by atoms with E-state index in [9.17, 15) is 4.39 Å². The van der Waals surface area contributed by atoms with Crippen molar-refractivity contribution in [1.82, 2.24) is 4.90 Å². The van der Waals surface area contributed by atoms with Crippen LogP contribution in [0.3, 0.4) is 0 Å². The van der Waals surface area contributed by atoms with Gasteiger partial charge in [0.1, 0.15) is 5.82 Å². The predicted molar refractivity (Wildman–Crippen MR) is 70.9 cm³/mol. The molecule has 0 aromatic heterocycles. The van der Waals surface area contributed by atoms with Gasteiger partial charge in [0, 0.05) is 19.5 Å². The van der Waals surface area contributed by atoms with Gasteiger partial charge in [0.2, 0.25) is 0 Å². The zero-order chi connectivity index (χ0) is 13.2. The maximum atomic E-state index is 13.1. The van der Waals surface area contributed by atoms with E-state index in [2.05, 4.69) is 4.90 Å². The average molecular weight is 249 g/mol. The summed E-state index contributed by atoms with van der Waals surface area (Å²) in [6.45, 7) is 1.65. The fraction of sp³-hybridized carbons (Fsp3) is 0.500. The Kier molecular flexibility index (Phi) is 3.66. The molecule has 0 atom stereocenters. The summed E-state index contributed by atoms with van der Waals surface area (Å²) in [5.74, 6) is 0.0810. The Bertz CT molecular complexity index is 440. The van der Waals surface area contributed by atoms with Gasteiger partial charge in [0.25, 0.3) is 0 Å². The fourth-order valence-corrected chi connectivity index (χ4v) is 2.55. The standard InChI is InChI=1S/C14H20FN3/c1-18(9-11-3-2-4-12(15)7-11)10-14(5-6-14)8-13(16)17/h2-4,7H,5-6,8-10H2,1H3,(H3,16,17). The summed E-state index contributed by atoms with van der Waals surface area (Å²) in [4.78, 5) is 2.19. The number of amidine groups is 1. The Morgan fingerprint density at radius 3 is 2.78 bits per heavy atom. The van der Waals surface area contributed by atoms with E-state index in [1.807, 2.05) is 13.1 Å². The predicted octanol–water partition coefficient (Wildman–Crippen LogP) is 2.36. The third-order valence-corrected chi connectivity index (χ3v) is 3.47. The van der Waals surface area contributed by atoms with Crippen molar-refractivity contribution in [2.45, 2.75) is 25.8 Å². The first-order valence-corrected chi connectivity index (χ1v) is 6.25. The number of nitrogens with two attached hydrogens (primary N) is 1. The smallest absolute Gasteiger partial charge is 0.123 e. The number of nitrogens with one attached hydrogen (secondary N) is 1. The number of hydrogen-bond acceptors (Lipinski definition) is 2. The van der Waals surface area contributed by atoms with Gasteiger partial charge in [-0.2, -0.15) is 0 Å². The van der Waals surface area contributed by atoms with Gasteiger partial charge in [-0.3, -0.25) is 5.41 Å². The lowest BCUT2D eigenvalue weighted by Crippen LogP contribution is -2.29. The largest absolute Gasteiger partial charge is 0.388 e. The highest BCUT2D eigenvalue weighted by Gasteiger charge is 2.43. The highest BCUT2D eigenvalue weighted by molar-refractivity contribution is 5.78. The quantitative estimate of drug-likeness (QED) is 0.600. The van der Waals surface area contributed by atoms with Gasteiger partial charge in [-0.15, -0.1) is 0 Å². The van der Waals surface area contributed by atoms with Gasteiger partial charge in [0.05, 0.1) is 5.84 Å². The van der Waals surface area contributed by atoms with Crippen molar-refractivity contribution in [3.8, 4) is 0 Å². The highest BCUT2D eigenvalue weighted by Crippen LogP contribution is 2.49. The number of rotatable bonds is 6. The SMILES string of the molecule is CN(Cc1cccc(F)c1)CC1(CC(=N)N)CC1. The summed E-state index contributed by atoms with van der Waals surface area (Å²) >= 11 is 0. The molecule has 0 unspecified atom stereocenters. The molecule has 0 saturated heterocycles. The second-order valence-electron chi connectivity index (χ2n) is 5.50. The summed E-state index contributed by atoms with van der Waals surface area (Å²) in [7, 11) is 2.03. The first-order chi connectivity index (χ1) is 8.49. The topological polar surface area (TPSA) is 53.1 Å². The molecule has 0 amide bonds. The first kappa shape index (κ1) is 13.0. The third kappa shape index (κ3) is 3.53. The van der Waals surface area contributed by atoms with Gasteiger partial charge in [0.15, 0.2) is 0 Å². The molecular formula is C14H20FN3. The van der Waals surface area contributed by atoms with E-state index in [0.717, 1.165) is 31.5 Å². The average Bonchev–Trinajstić information content (AvgIpc) is 2.95. The molecule has 0 aliphatic heterocycles. The molecular weight excluding hydrogens is 229 g/mol. The first-order valence-electron chi connectivity index (χ1n) is 6.25. The van der Waals surface area contributed by atoms with Crippen LogP contribution in [0, 0.1) is 16.6 Å². The minimum absolute atomic E-state index is 0.189. The summed E-state index contributed by atoms with van der Waals surface area (Å²) < 4.78 is 13.1. The monoisotopic (exact) mass is 249 g/mol. The van der Waals surface area contributed by atoms with Gasteiger partial charge in [-0.25, -0.2) is 4.39 Å². The lowest BCUT2D eigenvalue weighted by atomic mass is 10.0. The summed E-state index contributed by atoms with van der Waals surface area (Å²) in [5.41, 5.74) is 6.67. The Morgan fingerprint density at radius 1 is 1.50 bits per heavy atom. The number of nitrogens with zero attached hydrogens (tertiary/aromatic N) is 1. The number of halogens is 1. The Labute approximate surface area is 107 Å². The molecule has 1 saturated carbocycles. The summed E-state index contributed by atoms with van der Waals surface area (Å²) in [6.07, 6.45) is 2.96. The van der Waals surface area contributed by atoms with Crippen LogP contribution in [0.5, 0.6) is 0 Å². The number of hydrogen-bond donors (Lipinski definition) is 2. The minimum Gasteiger partial charge on any atom is -0.388 e. The zero-order valence-electron chi connectivity index (χ0n) is 10.7. The zero-order valence-corrected chi connectivity index (χ0v) is 10.7. The van der Waals surface area contributed by atoms with E-state index in [4.69, 9.17) is 11.1 Å². The van der Waals surface area contributed by atoms with Crippen molar-refractivity contribution in [1.29, 1.82) is 5.41 Å². The summed E-state index contributed by atoms with van der Waals surface area (Å²) in [5, 5.41) is 7.39. The van der Waals surface area contributed by atoms with Crippen molar-refractivity contribution < 1.29 is 4.39 Å². The molecule has 18 heavy (non-hydrogen) atoms. The van der Waals surface area contributed by atoms with E-state index in [1.54, 1.807) is 12.1 Å². The van der Waals surface area contributed by atoms with Gasteiger partial charge < -0.3 is 10.6 Å². The molecule has 4 heteroatoms. The summed E-state index contributed by atoms with van der Waals surface area (Å²) in [6, 6.07) is 6.70. The van der Waals surface area contributed by atoms with Crippen molar-refractivity contribution in [2.24, 2.45) is 11.1 Å². The molecule has 1 aliphatic rings. The molecule has 2 rings (SSSR count). The Hall–Kier alpha value is -1.42. The van der Waals surface area contributed by atoms with Crippen LogP contribution in [0.2, 0.25) is 0 Å². The van der Waals surface area contributed by atoms with Crippen LogP contribution in [0.1, 0.15) is 24.8 Å². The van der Waals surface area contributed by atoms with Crippen LogP contribution in [0.25, 0.3) is 0 Å². The van der Waals surface area contributed by atoms with Crippen molar-refractivity contribution in [3.63, 3.8) is 0 Å². The van der Waals surface area contributed by atoms with E-state index >= 15 is 0 Å². The van der Waals surface area contributed by atoms with Gasteiger partial charge in [-0.05, 0) is 43.0 Å². The normalized spacial score (nSPS) is 16.8.